The molecule has 2 fully saturated rings. The number of nitrogens with one attached hydrogen (secondary N) is 2. The van der Waals surface area contributed by atoms with Crippen molar-refractivity contribution in [1.29, 1.82) is 0 Å². The summed E-state index contributed by atoms with van der Waals surface area (Å²) in [6.45, 7) is 1.60. The average Bonchev–Trinajstić information content (AvgIpc) is 3.30. The number of H-pyrrole nitrogens is 1. The number of sulfone groups is 1. The van der Waals surface area contributed by atoms with Crippen LogP contribution in [0.15, 0.2) is 36.5 Å². The van der Waals surface area contributed by atoms with Crippen LogP contribution in [0.1, 0.15) is 29.8 Å². The van der Waals surface area contributed by atoms with Gasteiger partial charge in [0, 0.05) is 31.4 Å². The number of piperidine rings is 1. The molecule has 1 amide bonds. The second kappa shape index (κ2) is 7.67. The van der Waals surface area contributed by atoms with Gasteiger partial charge in [0.2, 0.25) is 0 Å². The van der Waals surface area contributed by atoms with E-state index >= 15 is 0 Å². The van der Waals surface area contributed by atoms with Crippen LogP contribution in [0.25, 0.3) is 11.1 Å². The molecular formula is C20H24FN3O3S. The van der Waals surface area contributed by atoms with Crippen LogP contribution < -0.4 is 5.32 Å². The Labute approximate surface area is 164 Å². The lowest BCUT2D eigenvalue weighted by Crippen LogP contribution is -2.48. The highest BCUT2D eigenvalue weighted by Crippen LogP contribution is 2.23. The first kappa shape index (κ1) is 19.1. The van der Waals surface area contributed by atoms with Gasteiger partial charge < -0.3 is 10.3 Å². The largest absolute Gasteiger partial charge is 0.357 e. The lowest BCUT2D eigenvalue weighted by atomic mass is 10.0. The number of nitrogens with zero attached hydrogens (tertiary/aromatic N) is 1. The summed E-state index contributed by atoms with van der Waals surface area (Å²) in [5.41, 5.74) is 2.16. The number of likely N-dealkylation sites (tertiary alicyclic amines) is 1. The van der Waals surface area contributed by atoms with Gasteiger partial charge in [-0.25, -0.2) is 12.8 Å². The topological polar surface area (TPSA) is 82.3 Å². The monoisotopic (exact) mass is 405 g/mol. The fourth-order valence-corrected chi connectivity index (χ4v) is 5.83. The minimum absolute atomic E-state index is 0.0827. The standard InChI is InChI=1S/C20H24FN3O3S/c21-16-3-1-14(2-4-16)15-11-19(22-12-15)20(25)23-17-5-8-24(9-6-17)18-7-10-28(26,27)13-18/h1-4,11-12,17-18,22H,5-10,13H2,(H,23,25). The third kappa shape index (κ3) is 4.28. The molecule has 0 spiro atoms. The van der Waals surface area contributed by atoms with E-state index in [0.717, 1.165) is 37.1 Å². The Bertz CT molecular complexity index is 947. The number of rotatable bonds is 4. The third-order valence-corrected chi connectivity index (χ3v) is 7.45. The molecule has 2 aromatic rings. The summed E-state index contributed by atoms with van der Waals surface area (Å²) in [6, 6.07) is 8.12. The molecule has 0 radical (unpaired) electrons. The van der Waals surface area contributed by atoms with Gasteiger partial charge in [-0.1, -0.05) is 12.1 Å². The molecule has 0 saturated carbocycles. The Morgan fingerprint density at radius 1 is 1.11 bits per heavy atom. The molecule has 1 aromatic carbocycles. The minimum atomic E-state index is -2.87. The van der Waals surface area contributed by atoms with Crippen LogP contribution in [0.5, 0.6) is 0 Å². The second-order valence-corrected chi connectivity index (χ2v) is 9.88. The van der Waals surface area contributed by atoms with Gasteiger partial charge in [-0.15, -0.1) is 0 Å². The van der Waals surface area contributed by atoms with Crippen molar-refractivity contribution in [2.75, 3.05) is 24.6 Å². The quantitative estimate of drug-likeness (QED) is 0.817. The summed E-state index contributed by atoms with van der Waals surface area (Å²) >= 11 is 0. The molecule has 4 rings (SSSR count). The van der Waals surface area contributed by atoms with E-state index in [1.807, 2.05) is 0 Å². The first-order valence-electron chi connectivity index (χ1n) is 9.59. The number of halogens is 1. The zero-order chi connectivity index (χ0) is 19.7. The number of carbonyl (C=O) groups excluding carboxylic acids is 1. The van der Waals surface area contributed by atoms with Crippen LogP contribution >= 0.6 is 0 Å². The van der Waals surface area contributed by atoms with Crippen molar-refractivity contribution in [3.05, 3.63) is 48.0 Å². The molecule has 0 aliphatic carbocycles. The zero-order valence-corrected chi connectivity index (χ0v) is 16.3. The van der Waals surface area contributed by atoms with Crippen LogP contribution in [0.2, 0.25) is 0 Å². The highest BCUT2D eigenvalue weighted by atomic mass is 32.2. The van der Waals surface area contributed by atoms with Crippen LogP contribution in [0, 0.1) is 5.82 Å². The van der Waals surface area contributed by atoms with Gasteiger partial charge in [-0.3, -0.25) is 9.69 Å². The fraction of sp³-hybridized carbons (Fsp3) is 0.450. The summed E-state index contributed by atoms with van der Waals surface area (Å²) in [6.07, 6.45) is 4.08. The van der Waals surface area contributed by atoms with Gasteiger partial charge in [0.25, 0.3) is 5.91 Å². The second-order valence-electron chi connectivity index (χ2n) is 7.65. The molecule has 2 saturated heterocycles. The normalized spacial score (nSPS) is 23.0. The van der Waals surface area contributed by atoms with E-state index in [1.165, 1.54) is 12.1 Å². The number of carbonyl (C=O) groups is 1. The molecule has 1 aromatic heterocycles. The van der Waals surface area contributed by atoms with E-state index < -0.39 is 9.84 Å². The average molecular weight is 405 g/mol. The summed E-state index contributed by atoms with van der Waals surface area (Å²) in [5.74, 6) is 0.102. The number of amides is 1. The smallest absolute Gasteiger partial charge is 0.267 e. The van der Waals surface area contributed by atoms with E-state index in [9.17, 15) is 17.6 Å². The molecule has 1 atom stereocenters. The summed E-state index contributed by atoms with van der Waals surface area (Å²) < 4.78 is 36.4. The van der Waals surface area contributed by atoms with E-state index in [-0.39, 0.29) is 35.3 Å². The minimum Gasteiger partial charge on any atom is -0.357 e. The molecule has 2 N–H and O–H groups in total. The van der Waals surface area contributed by atoms with Gasteiger partial charge >= 0.3 is 0 Å². The predicted molar refractivity (Wildman–Crippen MR) is 105 cm³/mol. The van der Waals surface area contributed by atoms with Crippen molar-refractivity contribution >= 4 is 15.7 Å². The maximum absolute atomic E-state index is 13.1. The van der Waals surface area contributed by atoms with Crippen molar-refractivity contribution in [3.8, 4) is 11.1 Å². The predicted octanol–water partition coefficient (Wildman–Crippen LogP) is 2.20. The Kier molecular flexibility index (Phi) is 5.25. The molecule has 8 heteroatoms. The number of aromatic nitrogens is 1. The highest BCUT2D eigenvalue weighted by Gasteiger charge is 2.34. The van der Waals surface area contributed by atoms with Crippen molar-refractivity contribution in [2.45, 2.75) is 31.3 Å². The Hall–Kier alpha value is -2.19. The van der Waals surface area contributed by atoms with Gasteiger partial charge in [-0.2, -0.15) is 0 Å². The van der Waals surface area contributed by atoms with E-state index in [1.54, 1.807) is 24.4 Å². The van der Waals surface area contributed by atoms with E-state index in [4.69, 9.17) is 0 Å². The molecule has 2 aliphatic heterocycles. The van der Waals surface area contributed by atoms with Gasteiger partial charge in [0.15, 0.2) is 9.84 Å². The maximum atomic E-state index is 13.1. The molecule has 28 heavy (non-hydrogen) atoms. The van der Waals surface area contributed by atoms with Crippen LogP contribution in [-0.2, 0) is 9.84 Å². The Morgan fingerprint density at radius 2 is 1.82 bits per heavy atom. The summed E-state index contributed by atoms with van der Waals surface area (Å²) in [4.78, 5) is 17.8. The maximum Gasteiger partial charge on any atom is 0.267 e. The fourth-order valence-electron chi connectivity index (χ4n) is 4.07. The molecule has 2 aliphatic rings. The first-order chi connectivity index (χ1) is 13.4. The molecule has 3 heterocycles. The number of hydrogen-bond donors (Lipinski definition) is 2. The van der Waals surface area contributed by atoms with Crippen LogP contribution in [-0.4, -0.2) is 60.9 Å². The van der Waals surface area contributed by atoms with Crippen molar-refractivity contribution in [1.82, 2.24) is 15.2 Å². The molecule has 6 nitrogen and oxygen atoms in total. The summed E-state index contributed by atoms with van der Waals surface area (Å²) in [5, 5.41) is 3.06. The van der Waals surface area contributed by atoms with Gasteiger partial charge in [0.1, 0.15) is 11.5 Å². The van der Waals surface area contributed by atoms with Gasteiger partial charge in [0.05, 0.1) is 11.5 Å². The Morgan fingerprint density at radius 3 is 2.46 bits per heavy atom. The summed E-state index contributed by atoms with van der Waals surface area (Å²) in [7, 11) is -2.87. The van der Waals surface area contributed by atoms with Crippen LogP contribution in [0.3, 0.4) is 0 Å². The van der Waals surface area contributed by atoms with Gasteiger partial charge in [-0.05, 0) is 48.6 Å². The zero-order valence-electron chi connectivity index (χ0n) is 15.5. The first-order valence-corrected chi connectivity index (χ1v) is 11.4. The SMILES string of the molecule is O=C(NC1CCN(C2CCS(=O)(=O)C2)CC1)c1cc(-c2ccc(F)cc2)c[nH]1. The van der Waals surface area contributed by atoms with Crippen LogP contribution in [0.4, 0.5) is 4.39 Å². The molecule has 1 unspecified atom stereocenters. The van der Waals surface area contributed by atoms with Crippen molar-refractivity contribution in [2.24, 2.45) is 0 Å². The highest BCUT2D eigenvalue weighted by molar-refractivity contribution is 7.91. The molecule has 0 bridgehead atoms. The lowest BCUT2D eigenvalue weighted by Gasteiger charge is -2.35. The molecular weight excluding hydrogens is 381 g/mol. The van der Waals surface area contributed by atoms with Crippen molar-refractivity contribution in [3.63, 3.8) is 0 Å². The number of benzene rings is 1. The van der Waals surface area contributed by atoms with E-state index in [2.05, 4.69) is 15.2 Å². The Balaban J connectivity index is 1.31. The third-order valence-electron chi connectivity index (χ3n) is 5.69. The number of aromatic amines is 1. The molecule has 150 valence electrons. The number of hydrogen-bond acceptors (Lipinski definition) is 4. The van der Waals surface area contributed by atoms with Crippen molar-refractivity contribution < 1.29 is 17.6 Å². The van der Waals surface area contributed by atoms with E-state index in [0.29, 0.717) is 12.1 Å². The lowest BCUT2D eigenvalue weighted by molar-refractivity contribution is 0.0893.